The van der Waals surface area contributed by atoms with Crippen molar-refractivity contribution in [2.45, 2.75) is 37.7 Å². The maximum absolute atomic E-state index is 11.0. The standard InChI is InChI=1S/C12H16O4S/c13-17(14,15)16-12(9-5-2-6-10-12)11-7-3-1-4-8-11/h1,3-4,7-8H,2,5-6,9-10H2,(H,13,14,15). The van der Waals surface area contributed by atoms with E-state index in [1.54, 1.807) is 0 Å². The molecule has 5 heteroatoms. The molecule has 0 spiro atoms. The summed E-state index contributed by atoms with van der Waals surface area (Å²) in [4.78, 5) is 0. The lowest BCUT2D eigenvalue weighted by Gasteiger charge is -2.35. The summed E-state index contributed by atoms with van der Waals surface area (Å²) in [5, 5.41) is 0. The largest absolute Gasteiger partial charge is 0.398 e. The molecule has 1 aromatic carbocycles. The Balaban J connectivity index is 2.36. The van der Waals surface area contributed by atoms with Crippen molar-refractivity contribution in [2.75, 3.05) is 0 Å². The molecule has 0 bridgehead atoms. The van der Waals surface area contributed by atoms with Crippen molar-refractivity contribution >= 4 is 10.4 Å². The third kappa shape index (κ3) is 3.06. The molecule has 1 aliphatic carbocycles. The summed E-state index contributed by atoms with van der Waals surface area (Å²) in [7, 11) is -4.43. The predicted octanol–water partition coefficient (Wildman–Crippen LogP) is 2.67. The van der Waals surface area contributed by atoms with Crippen molar-refractivity contribution in [1.29, 1.82) is 0 Å². The second-order valence-corrected chi connectivity index (χ2v) is 5.45. The van der Waals surface area contributed by atoms with Gasteiger partial charge < -0.3 is 0 Å². The highest BCUT2D eigenvalue weighted by Gasteiger charge is 2.38. The highest BCUT2D eigenvalue weighted by molar-refractivity contribution is 7.80. The molecule has 1 fully saturated rings. The summed E-state index contributed by atoms with van der Waals surface area (Å²) in [6.45, 7) is 0. The van der Waals surface area contributed by atoms with Crippen LogP contribution in [0.1, 0.15) is 37.7 Å². The molecular formula is C12H16O4S. The smallest absolute Gasteiger partial charge is 0.264 e. The molecule has 1 aromatic rings. The Bertz CT molecular complexity index is 461. The normalized spacial score (nSPS) is 20.1. The molecule has 0 aliphatic heterocycles. The topological polar surface area (TPSA) is 63.6 Å². The summed E-state index contributed by atoms with van der Waals surface area (Å²) in [6, 6.07) is 9.25. The van der Waals surface area contributed by atoms with E-state index < -0.39 is 16.0 Å². The van der Waals surface area contributed by atoms with Gasteiger partial charge in [-0.15, -0.1) is 0 Å². The second kappa shape index (κ2) is 4.76. The van der Waals surface area contributed by atoms with Crippen LogP contribution in [0, 0.1) is 0 Å². The van der Waals surface area contributed by atoms with Crippen molar-refractivity contribution in [3.63, 3.8) is 0 Å². The highest BCUT2D eigenvalue weighted by Crippen LogP contribution is 2.41. The molecule has 17 heavy (non-hydrogen) atoms. The van der Waals surface area contributed by atoms with Crippen LogP contribution in [-0.2, 0) is 20.2 Å². The maximum Gasteiger partial charge on any atom is 0.398 e. The van der Waals surface area contributed by atoms with Gasteiger partial charge in [-0.25, -0.2) is 4.18 Å². The van der Waals surface area contributed by atoms with Crippen LogP contribution in [0.3, 0.4) is 0 Å². The SMILES string of the molecule is O=S(=O)(O)OC1(c2ccccc2)CCCCC1. The van der Waals surface area contributed by atoms with E-state index in [0.717, 1.165) is 24.8 Å². The van der Waals surface area contributed by atoms with E-state index >= 15 is 0 Å². The molecule has 0 atom stereocenters. The van der Waals surface area contributed by atoms with E-state index in [-0.39, 0.29) is 0 Å². The van der Waals surface area contributed by atoms with Crippen LogP contribution in [-0.4, -0.2) is 13.0 Å². The van der Waals surface area contributed by atoms with Crippen LogP contribution >= 0.6 is 0 Å². The summed E-state index contributed by atoms with van der Waals surface area (Å²) in [5.41, 5.74) is -0.0649. The van der Waals surface area contributed by atoms with Crippen molar-refractivity contribution < 1.29 is 17.2 Å². The van der Waals surface area contributed by atoms with Crippen molar-refractivity contribution in [3.8, 4) is 0 Å². The molecule has 0 unspecified atom stereocenters. The van der Waals surface area contributed by atoms with Crippen molar-refractivity contribution in [3.05, 3.63) is 35.9 Å². The third-order valence-corrected chi connectivity index (χ3v) is 3.76. The first-order valence-electron chi connectivity index (χ1n) is 5.75. The fraction of sp³-hybridized carbons (Fsp3) is 0.500. The average molecular weight is 256 g/mol. The minimum atomic E-state index is -4.43. The quantitative estimate of drug-likeness (QED) is 0.844. The van der Waals surface area contributed by atoms with Gasteiger partial charge in [-0.1, -0.05) is 49.6 Å². The Hall–Kier alpha value is -0.910. The van der Waals surface area contributed by atoms with Crippen LogP contribution in [0.2, 0.25) is 0 Å². The number of rotatable bonds is 3. The fourth-order valence-electron chi connectivity index (χ4n) is 2.49. The van der Waals surface area contributed by atoms with E-state index in [0.29, 0.717) is 12.8 Å². The van der Waals surface area contributed by atoms with Gasteiger partial charge >= 0.3 is 10.4 Å². The monoisotopic (exact) mass is 256 g/mol. The first-order chi connectivity index (χ1) is 8.02. The van der Waals surface area contributed by atoms with E-state index in [1.165, 1.54) is 0 Å². The zero-order chi connectivity index (χ0) is 12.4. The third-order valence-electron chi connectivity index (χ3n) is 3.23. The van der Waals surface area contributed by atoms with Gasteiger partial charge in [0.05, 0.1) is 0 Å². The van der Waals surface area contributed by atoms with Crippen LogP contribution in [0.15, 0.2) is 30.3 Å². The molecule has 2 rings (SSSR count). The summed E-state index contributed by atoms with van der Waals surface area (Å²) in [6.07, 6.45) is 4.13. The maximum atomic E-state index is 11.0. The van der Waals surface area contributed by atoms with Gasteiger partial charge in [-0.2, -0.15) is 8.42 Å². The Morgan fingerprint density at radius 2 is 1.65 bits per heavy atom. The van der Waals surface area contributed by atoms with E-state index in [1.807, 2.05) is 30.3 Å². The predicted molar refractivity (Wildman–Crippen MR) is 63.8 cm³/mol. The summed E-state index contributed by atoms with van der Waals surface area (Å²) in [5.74, 6) is 0. The zero-order valence-electron chi connectivity index (χ0n) is 9.50. The zero-order valence-corrected chi connectivity index (χ0v) is 10.3. The fourth-order valence-corrected chi connectivity index (χ4v) is 3.15. The van der Waals surface area contributed by atoms with Gasteiger partial charge in [0.2, 0.25) is 0 Å². The lowest BCUT2D eigenvalue weighted by Crippen LogP contribution is -2.34. The minimum absolute atomic E-state index is 0.622. The van der Waals surface area contributed by atoms with Crippen LogP contribution in [0.25, 0.3) is 0 Å². The molecule has 0 saturated heterocycles. The van der Waals surface area contributed by atoms with E-state index in [2.05, 4.69) is 0 Å². The summed E-state index contributed by atoms with van der Waals surface area (Å²) < 4.78 is 35.9. The first kappa shape index (κ1) is 12.5. The molecule has 1 saturated carbocycles. The number of hydrogen-bond acceptors (Lipinski definition) is 3. The molecule has 0 amide bonds. The van der Waals surface area contributed by atoms with Gasteiger partial charge in [0, 0.05) is 0 Å². The molecule has 94 valence electrons. The molecule has 4 nitrogen and oxygen atoms in total. The van der Waals surface area contributed by atoms with Gasteiger partial charge in [0.25, 0.3) is 0 Å². The van der Waals surface area contributed by atoms with Gasteiger partial charge in [0.15, 0.2) is 0 Å². The van der Waals surface area contributed by atoms with Gasteiger partial charge in [0.1, 0.15) is 5.60 Å². The van der Waals surface area contributed by atoms with Crippen LogP contribution in [0.5, 0.6) is 0 Å². The Morgan fingerprint density at radius 3 is 2.18 bits per heavy atom. The van der Waals surface area contributed by atoms with Gasteiger partial charge in [-0.05, 0) is 18.4 Å². The molecule has 0 radical (unpaired) electrons. The van der Waals surface area contributed by atoms with Crippen molar-refractivity contribution in [2.24, 2.45) is 0 Å². The molecular weight excluding hydrogens is 240 g/mol. The van der Waals surface area contributed by atoms with E-state index in [9.17, 15) is 8.42 Å². The van der Waals surface area contributed by atoms with E-state index in [4.69, 9.17) is 8.74 Å². The Morgan fingerprint density at radius 1 is 1.06 bits per heavy atom. The highest BCUT2D eigenvalue weighted by atomic mass is 32.3. The molecule has 1 N–H and O–H groups in total. The van der Waals surface area contributed by atoms with Crippen molar-refractivity contribution in [1.82, 2.24) is 0 Å². The molecule has 0 aromatic heterocycles. The van der Waals surface area contributed by atoms with Gasteiger partial charge in [-0.3, -0.25) is 4.55 Å². The number of benzene rings is 1. The molecule has 1 aliphatic rings. The lowest BCUT2D eigenvalue weighted by atomic mass is 9.80. The molecule has 0 heterocycles. The Labute approximate surface area is 102 Å². The minimum Gasteiger partial charge on any atom is -0.264 e. The second-order valence-electron chi connectivity index (χ2n) is 4.43. The number of hydrogen-bond donors (Lipinski definition) is 1. The van der Waals surface area contributed by atoms with Crippen LogP contribution in [0.4, 0.5) is 0 Å². The lowest BCUT2D eigenvalue weighted by molar-refractivity contribution is 0.0219. The average Bonchev–Trinajstić information content (AvgIpc) is 2.29. The first-order valence-corrected chi connectivity index (χ1v) is 7.12. The van der Waals surface area contributed by atoms with Crippen LogP contribution < -0.4 is 0 Å². The summed E-state index contributed by atoms with van der Waals surface area (Å²) >= 11 is 0. The Kier molecular flexibility index (Phi) is 3.51.